The van der Waals surface area contributed by atoms with Crippen LogP contribution in [-0.4, -0.2) is 11.0 Å². The predicted octanol–water partition coefficient (Wildman–Crippen LogP) is 7.14. The summed E-state index contributed by atoms with van der Waals surface area (Å²) in [4.78, 5) is 0. The normalized spacial score (nSPS) is 14.2. The second kappa shape index (κ2) is 58.4. The Kier molecular flexibility index (Phi) is 101. The summed E-state index contributed by atoms with van der Waals surface area (Å²) in [6, 6.07) is 0. The van der Waals surface area contributed by atoms with E-state index in [4.69, 9.17) is 0 Å². The number of rotatable bonds is 0. The van der Waals surface area contributed by atoms with Gasteiger partial charge in [-0.2, -0.15) is 0 Å². The third kappa shape index (κ3) is 50.2. The minimum Gasteiger partial charge on any atom is -0.412 e. The molecule has 0 radical (unpaired) electrons. The molecule has 4 N–H and O–H groups in total. The van der Waals surface area contributed by atoms with Crippen molar-refractivity contribution >= 4 is 0 Å². The molecule has 0 aliphatic heterocycles. The van der Waals surface area contributed by atoms with Gasteiger partial charge in [-0.3, -0.25) is 0 Å². The Morgan fingerprint density at radius 3 is 0.318 bits per heavy atom. The van der Waals surface area contributed by atoms with Crippen molar-refractivity contribution in [1.82, 2.24) is 0 Å². The van der Waals surface area contributed by atoms with E-state index in [0.717, 1.165) is 0 Å². The first-order valence-corrected chi connectivity index (χ1v) is 10.0. The van der Waals surface area contributed by atoms with Crippen LogP contribution >= 0.6 is 0 Å². The molecule has 2 saturated carbocycles. The lowest BCUT2D eigenvalue weighted by Crippen LogP contribution is -1.85. The van der Waals surface area contributed by atoms with Crippen LogP contribution in [0.2, 0.25) is 0 Å². The largest absolute Gasteiger partial charge is 0.412 e. The van der Waals surface area contributed by atoms with Crippen LogP contribution in [-0.2, 0) is 0 Å². The van der Waals surface area contributed by atoms with Crippen molar-refractivity contribution in [2.24, 2.45) is 0 Å². The van der Waals surface area contributed by atoms with E-state index < -0.39 is 0 Å². The average Bonchev–Trinajstić information content (AvgIpc) is 2.65. The second-order valence-corrected chi connectivity index (χ2v) is 4.24. The van der Waals surface area contributed by atoms with E-state index in [1.54, 1.807) is 0 Å². The van der Waals surface area contributed by atoms with Crippen LogP contribution in [0.3, 0.4) is 0 Å². The van der Waals surface area contributed by atoms with Crippen molar-refractivity contribution in [2.45, 2.75) is 132 Å². The summed E-state index contributed by atoms with van der Waals surface area (Å²) in [7, 11) is 0. The van der Waals surface area contributed by atoms with Gasteiger partial charge in [0, 0.05) is 0 Å². The quantitative estimate of drug-likeness (QED) is 0.454. The lowest BCUT2D eigenvalue weighted by atomic mass is 10.0. The Hall–Kier alpha value is -0.0800. The van der Waals surface area contributed by atoms with Crippen molar-refractivity contribution in [3.05, 3.63) is 0 Å². The highest BCUT2D eigenvalue weighted by atomic mass is 16.0. The molecule has 0 heterocycles. The van der Waals surface area contributed by atoms with Crippen LogP contribution in [0.15, 0.2) is 0 Å². The molecule has 144 valence electrons. The van der Waals surface area contributed by atoms with Gasteiger partial charge in [-0.1, -0.05) is 132 Å². The smallest absolute Gasteiger partial charge is 0.0533 e. The maximum absolute atomic E-state index is 2.00. The molecule has 0 spiro atoms. The molecule has 22 heavy (non-hydrogen) atoms. The maximum atomic E-state index is 2.00. The molecular formula is C20H52O2. The third-order valence-corrected chi connectivity index (χ3v) is 3.00. The number of hydrogen-bond acceptors (Lipinski definition) is 0. The molecule has 0 saturated heterocycles. The summed E-state index contributed by atoms with van der Waals surface area (Å²) in [5.74, 6) is 0. The molecule has 2 rings (SSSR count). The van der Waals surface area contributed by atoms with Gasteiger partial charge >= 0.3 is 0 Å². The number of hydrogen-bond donors (Lipinski definition) is 0. The summed E-state index contributed by atoms with van der Waals surface area (Å²) in [5.41, 5.74) is 0. The molecule has 0 amide bonds. The van der Waals surface area contributed by atoms with E-state index in [2.05, 4.69) is 0 Å². The minimum absolute atomic E-state index is 0. The lowest BCUT2D eigenvalue weighted by Gasteiger charge is -2.05. The molecular weight excluding hydrogens is 272 g/mol. The SMILES string of the molecule is C1CCCCC1.C1CCCCC1.CC.CC.CC.CC.O.O. The van der Waals surface area contributed by atoms with E-state index in [1.807, 2.05) is 55.4 Å². The van der Waals surface area contributed by atoms with Crippen molar-refractivity contribution in [2.75, 3.05) is 0 Å². The average molecular weight is 325 g/mol. The van der Waals surface area contributed by atoms with E-state index in [9.17, 15) is 0 Å². The van der Waals surface area contributed by atoms with Gasteiger partial charge in [-0.15, -0.1) is 0 Å². The highest BCUT2D eigenvalue weighted by molar-refractivity contribution is 4.51. The van der Waals surface area contributed by atoms with Crippen LogP contribution in [0.1, 0.15) is 132 Å². The van der Waals surface area contributed by atoms with Gasteiger partial charge < -0.3 is 11.0 Å². The van der Waals surface area contributed by atoms with E-state index in [0.29, 0.717) is 0 Å². The minimum atomic E-state index is 0. The third-order valence-electron chi connectivity index (χ3n) is 3.00. The first-order chi connectivity index (χ1) is 10.0. The first-order valence-electron chi connectivity index (χ1n) is 10.0. The van der Waals surface area contributed by atoms with Gasteiger partial charge in [0.2, 0.25) is 0 Å². The summed E-state index contributed by atoms with van der Waals surface area (Å²) in [6.07, 6.45) is 18.0. The lowest BCUT2D eigenvalue weighted by molar-refractivity contribution is 0.504. The van der Waals surface area contributed by atoms with Crippen molar-refractivity contribution in [1.29, 1.82) is 0 Å². The van der Waals surface area contributed by atoms with E-state index >= 15 is 0 Å². The Balaban J connectivity index is -0.0000000380. The Labute approximate surface area is 144 Å². The summed E-state index contributed by atoms with van der Waals surface area (Å²) < 4.78 is 0. The van der Waals surface area contributed by atoms with E-state index in [1.165, 1.54) is 77.0 Å². The first kappa shape index (κ1) is 37.9. The molecule has 0 unspecified atom stereocenters. The molecule has 0 bridgehead atoms. The van der Waals surface area contributed by atoms with Gasteiger partial charge in [0.25, 0.3) is 0 Å². The van der Waals surface area contributed by atoms with Crippen LogP contribution in [0.25, 0.3) is 0 Å². The Morgan fingerprint density at radius 1 is 0.227 bits per heavy atom. The molecule has 0 aromatic carbocycles. The molecule has 0 atom stereocenters. The van der Waals surface area contributed by atoms with Gasteiger partial charge in [0.05, 0.1) is 0 Å². The van der Waals surface area contributed by atoms with Crippen LogP contribution in [0.5, 0.6) is 0 Å². The zero-order valence-corrected chi connectivity index (χ0v) is 17.5. The van der Waals surface area contributed by atoms with Crippen LogP contribution in [0, 0.1) is 0 Å². The van der Waals surface area contributed by atoms with Gasteiger partial charge in [-0.25, -0.2) is 0 Å². The summed E-state index contributed by atoms with van der Waals surface area (Å²) >= 11 is 0. The van der Waals surface area contributed by atoms with Gasteiger partial charge in [0.1, 0.15) is 0 Å². The zero-order chi connectivity index (χ0) is 16.5. The van der Waals surface area contributed by atoms with Gasteiger partial charge in [0.15, 0.2) is 0 Å². The fourth-order valence-electron chi connectivity index (χ4n) is 2.12. The predicted molar refractivity (Wildman–Crippen MR) is 108 cm³/mol. The molecule has 2 aliphatic carbocycles. The summed E-state index contributed by atoms with van der Waals surface area (Å²) in [5, 5.41) is 0. The Morgan fingerprint density at radius 2 is 0.273 bits per heavy atom. The molecule has 2 nitrogen and oxygen atoms in total. The Bertz CT molecular complexity index is 52.7. The molecule has 2 aliphatic rings. The molecule has 0 aromatic heterocycles. The zero-order valence-electron chi connectivity index (χ0n) is 17.5. The standard InChI is InChI=1S/2C6H12.4C2H6.2H2O/c2*1-2-4-6-5-3-1;4*1-2;;/h2*1-6H2;4*1-2H3;2*1H2. The maximum Gasteiger partial charge on any atom is -0.0533 e. The second-order valence-electron chi connectivity index (χ2n) is 4.24. The fraction of sp³-hybridized carbons (Fsp3) is 1.00. The van der Waals surface area contributed by atoms with Crippen molar-refractivity contribution < 1.29 is 11.0 Å². The monoisotopic (exact) mass is 324 g/mol. The molecule has 2 heteroatoms. The van der Waals surface area contributed by atoms with Crippen molar-refractivity contribution in [3.8, 4) is 0 Å². The fourth-order valence-corrected chi connectivity index (χ4v) is 2.12. The summed E-state index contributed by atoms with van der Waals surface area (Å²) in [6.45, 7) is 16.0. The highest BCUT2D eigenvalue weighted by Crippen LogP contribution is 2.15. The molecule has 2 fully saturated rings. The van der Waals surface area contributed by atoms with Crippen LogP contribution < -0.4 is 0 Å². The van der Waals surface area contributed by atoms with Crippen molar-refractivity contribution in [3.63, 3.8) is 0 Å². The highest BCUT2D eigenvalue weighted by Gasteiger charge is 1.96. The van der Waals surface area contributed by atoms with Crippen LogP contribution in [0.4, 0.5) is 0 Å². The van der Waals surface area contributed by atoms with Gasteiger partial charge in [-0.05, 0) is 0 Å². The topological polar surface area (TPSA) is 63.0 Å². The molecule has 0 aromatic rings. The van der Waals surface area contributed by atoms with E-state index in [-0.39, 0.29) is 11.0 Å².